The molecule has 21 heavy (non-hydrogen) atoms. The van der Waals surface area contributed by atoms with E-state index in [0.29, 0.717) is 22.4 Å². The van der Waals surface area contributed by atoms with Gasteiger partial charge in [0.1, 0.15) is 16.9 Å². The average Bonchev–Trinajstić information content (AvgIpc) is 2.95. The van der Waals surface area contributed by atoms with Crippen molar-refractivity contribution in [2.24, 2.45) is 0 Å². The Hall–Kier alpha value is -2.61. The fourth-order valence-electron chi connectivity index (χ4n) is 1.94. The van der Waals surface area contributed by atoms with Crippen molar-refractivity contribution >= 4 is 28.7 Å². The van der Waals surface area contributed by atoms with Crippen LogP contribution >= 0.6 is 11.7 Å². The molecule has 3 aromatic rings. The second-order valence-corrected chi connectivity index (χ2v) is 4.98. The summed E-state index contributed by atoms with van der Waals surface area (Å²) in [6, 6.07) is 6.14. The molecular weight excluding hydrogens is 290 g/mol. The molecule has 7 nitrogen and oxygen atoms in total. The number of aromatic nitrogens is 4. The molecule has 0 saturated carbocycles. The Morgan fingerprint density at radius 2 is 2.19 bits per heavy atom. The van der Waals surface area contributed by atoms with Gasteiger partial charge in [-0.3, -0.25) is 9.59 Å². The average molecular weight is 301 g/mol. The molecule has 1 atom stereocenters. The van der Waals surface area contributed by atoms with Crippen LogP contribution in [0.2, 0.25) is 0 Å². The third-order valence-electron chi connectivity index (χ3n) is 2.98. The Labute approximate surface area is 123 Å². The first-order valence-electron chi connectivity index (χ1n) is 6.22. The molecule has 1 aromatic carbocycles. The minimum Gasteiger partial charge on any atom is -0.342 e. The van der Waals surface area contributed by atoms with Crippen molar-refractivity contribution in [3.05, 3.63) is 52.2 Å². The maximum absolute atomic E-state index is 12.3. The molecule has 1 unspecified atom stereocenters. The van der Waals surface area contributed by atoms with Crippen LogP contribution in [0.4, 0.5) is 0 Å². The molecule has 0 aliphatic carbocycles. The van der Waals surface area contributed by atoms with Crippen molar-refractivity contribution in [1.29, 1.82) is 0 Å². The van der Waals surface area contributed by atoms with Crippen molar-refractivity contribution in [3.8, 4) is 0 Å². The Bertz CT molecular complexity index is 857. The van der Waals surface area contributed by atoms with E-state index in [9.17, 15) is 9.59 Å². The number of benzene rings is 1. The standard InChI is InChI=1S/C13H11N5O2S/c1-7(12-14-6-5-10(19)16-12)15-13(20)8-3-2-4-9-11(8)18-21-17-9/h2-7H,1H3,(H,15,20)(H,14,16,19). The number of nitrogens with one attached hydrogen (secondary N) is 2. The highest BCUT2D eigenvalue weighted by Gasteiger charge is 2.16. The second kappa shape index (κ2) is 5.41. The lowest BCUT2D eigenvalue weighted by Gasteiger charge is -2.12. The van der Waals surface area contributed by atoms with E-state index < -0.39 is 6.04 Å². The molecule has 0 saturated heterocycles. The van der Waals surface area contributed by atoms with Crippen LogP contribution < -0.4 is 10.9 Å². The van der Waals surface area contributed by atoms with Gasteiger partial charge in [0.15, 0.2) is 0 Å². The summed E-state index contributed by atoms with van der Waals surface area (Å²) < 4.78 is 8.23. The maximum atomic E-state index is 12.3. The predicted octanol–water partition coefficient (Wildman–Crippen LogP) is 1.27. The molecule has 0 spiro atoms. The van der Waals surface area contributed by atoms with Gasteiger partial charge in [-0.25, -0.2) is 4.98 Å². The topological polar surface area (TPSA) is 101 Å². The van der Waals surface area contributed by atoms with Crippen LogP contribution in [0.1, 0.15) is 29.1 Å². The maximum Gasteiger partial charge on any atom is 0.254 e. The molecule has 106 valence electrons. The second-order valence-electron chi connectivity index (χ2n) is 4.45. The number of amides is 1. The number of H-pyrrole nitrogens is 1. The van der Waals surface area contributed by atoms with E-state index in [1.165, 1.54) is 12.3 Å². The van der Waals surface area contributed by atoms with E-state index in [-0.39, 0.29) is 11.5 Å². The lowest BCUT2D eigenvalue weighted by atomic mass is 10.1. The molecule has 2 N–H and O–H groups in total. The molecule has 0 aliphatic heterocycles. The molecule has 0 aliphatic rings. The van der Waals surface area contributed by atoms with Crippen LogP contribution in [0.5, 0.6) is 0 Å². The SMILES string of the molecule is CC(NC(=O)c1cccc2nsnc12)c1nccc(=O)[nH]1. The van der Waals surface area contributed by atoms with Gasteiger partial charge in [0.2, 0.25) is 0 Å². The smallest absolute Gasteiger partial charge is 0.254 e. The number of nitrogens with zero attached hydrogens (tertiary/aromatic N) is 3. The zero-order valence-electron chi connectivity index (χ0n) is 11.0. The number of hydrogen-bond acceptors (Lipinski definition) is 6. The van der Waals surface area contributed by atoms with Crippen molar-refractivity contribution in [1.82, 2.24) is 24.0 Å². The summed E-state index contributed by atoms with van der Waals surface area (Å²) in [5.41, 5.74) is 1.45. The van der Waals surface area contributed by atoms with Gasteiger partial charge in [0.25, 0.3) is 11.5 Å². The van der Waals surface area contributed by atoms with Gasteiger partial charge >= 0.3 is 0 Å². The van der Waals surface area contributed by atoms with Crippen LogP contribution in [0.25, 0.3) is 11.0 Å². The molecule has 0 bridgehead atoms. The number of carbonyl (C=O) groups is 1. The number of hydrogen-bond donors (Lipinski definition) is 2. The van der Waals surface area contributed by atoms with Crippen molar-refractivity contribution < 1.29 is 4.79 Å². The summed E-state index contributed by atoms with van der Waals surface area (Å²) >= 11 is 1.06. The van der Waals surface area contributed by atoms with Crippen LogP contribution in [-0.4, -0.2) is 24.6 Å². The fraction of sp³-hybridized carbons (Fsp3) is 0.154. The van der Waals surface area contributed by atoms with Crippen molar-refractivity contribution in [2.45, 2.75) is 13.0 Å². The van der Waals surface area contributed by atoms with Gasteiger partial charge in [0.05, 0.1) is 23.3 Å². The first-order valence-corrected chi connectivity index (χ1v) is 6.95. The molecule has 1 amide bonds. The van der Waals surface area contributed by atoms with E-state index in [0.717, 1.165) is 11.7 Å². The highest BCUT2D eigenvalue weighted by Crippen LogP contribution is 2.17. The molecule has 0 radical (unpaired) electrons. The van der Waals surface area contributed by atoms with Crippen LogP contribution in [0.3, 0.4) is 0 Å². The number of rotatable bonds is 3. The number of aromatic amines is 1. The van der Waals surface area contributed by atoms with Gasteiger partial charge in [-0.05, 0) is 19.1 Å². The molecule has 3 rings (SSSR count). The minimum atomic E-state index is -0.423. The Balaban J connectivity index is 1.86. The quantitative estimate of drug-likeness (QED) is 0.758. The van der Waals surface area contributed by atoms with Gasteiger partial charge in [-0.15, -0.1) is 0 Å². The summed E-state index contributed by atoms with van der Waals surface area (Å²) in [5.74, 6) is 0.117. The summed E-state index contributed by atoms with van der Waals surface area (Å²) in [4.78, 5) is 30.2. The summed E-state index contributed by atoms with van der Waals surface area (Å²) in [6.07, 6.45) is 1.40. The van der Waals surface area contributed by atoms with Crippen LogP contribution in [0.15, 0.2) is 35.3 Å². The lowest BCUT2D eigenvalue weighted by Crippen LogP contribution is -2.29. The molecule has 2 heterocycles. The van der Waals surface area contributed by atoms with Crippen LogP contribution in [-0.2, 0) is 0 Å². The van der Waals surface area contributed by atoms with Crippen molar-refractivity contribution in [3.63, 3.8) is 0 Å². The van der Waals surface area contributed by atoms with Gasteiger partial charge < -0.3 is 10.3 Å². The van der Waals surface area contributed by atoms with Gasteiger partial charge in [0, 0.05) is 12.3 Å². The Morgan fingerprint density at radius 1 is 1.33 bits per heavy atom. The molecule has 8 heteroatoms. The van der Waals surface area contributed by atoms with E-state index in [1.807, 2.05) is 0 Å². The first-order chi connectivity index (χ1) is 10.1. The largest absolute Gasteiger partial charge is 0.342 e. The van der Waals surface area contributed by atoms with Gasteiger partial charge in [-0.1, -0.05) is 6.07 Å². The Morgan fingerprint density at radius 3 is 3.00 bits per heavy atom. The van der Waals surface area contributed by atoms with E-state index in [2.05, 4.69) is 24.0 Å². The first kappa shape index (κ1) is 13.4. The fourth-order valence-corrected chi connectivity index (χ4v) is 2.49. The summed E-state index contributed by atoms with van der Waals surface area (Å²) in [6.45, 7) is 1.75. The molecule has 0 fully saturated rings. The summed E-state index contributed by atoms with van der Waals surface area (Å²) in [7, 11) is 0. The van der Waals surface area contributed by atoms with Crippen molar-refractivity contribution in [2.75, 3.05) is 0 Å². The number of carbonyl (C=O) groups excluding carboxylic acids is 1. The lowest BCUT2D eigenvalue weighted by molar-refractivity contribution is 0.0939. The highest BCUT2D eigenvalue weighted by molar-refractivity contribution is 7.00. The number of fused-ring (bicyclic) bond motifs is 1. The van der Waals surface area contributed by atoms with Crippen LogP contribution in [0, 0.1) is 0 Å². The third-order valence-corrected chi connectivity index (χ3v) is 3.52. The molecule has 2 aromatic heterocycles. The zero-order valence-corrected chi connectivity index (χ0v) is 11.8. The normalized spacial score (nSPS) is 12.2. The zero-order chi connectivity index (χ0) is 14.8. The third kappa shape index (κ3) is 2.65. The molecular formula is C13H11N5O2S. The van der Waals surface area contributed by atoms with Gasteiger partial charge in [-0.2, -0.15) is 8.75 Å². The minimum absolute atomic E-state index is 0.257. The highest BCUT2D eigenvalue weighted by atomic mass is 32.1. The van der Waals surface area contributed by atoms with E-state index >= 15 is 0 Å². The van der Waals surface area contributed by atoms with E-state index in [4.69, 9.17) is 0 Å². The van der Waals surface area contributed by atoms with E-state index in [1.54, 1.807) is 25.1 Å². The monoisotopic (exact) mass is 301 g/mol. The summed E-state index contributed by atoms with van der Waals surface area (Å²) in [5, 5.41) is 2.79. The predicted molar refractivity (Wildman–Crippen MR) is 78.2 cm³/mol. The Kier molecular flexibility index (Phi) is 3.44.